The second kappa shape index (κ2) is 12.8. The Morgan fingerprint density at radius 1 is 1.05 bits per heavy atom. The zero-order valence-corrected chi connectivity index (χ0v) is 19.7. The zero-order chi connectivity index (χ0) is 26.8. The Hall–Kier alpha value is -3.97. The van der Waals surface area contributed by atoms with Crippen LogP contribution in [0.2, 0.25) is 0 Å². The second-order valence-electron chi connectivity index (χ2n) is 8.24. The van der Waals surface area contributed by atoms with Crippen LogP contribution in [0, 0.1) is 0 Å². The molecule has 37 heavy (non-hydrogen) atoms. The molecule has 3 aromatic rings. The molecule has 1 aliphatic heterocycles. The summed E-state index contributed by atoms with van der Waals surface area (Å²) in [5.74, 6) is -3.04. The summed E-state index contributed by atoms with van der Waals surface area (Å²) < 4.78 is 36.2. The van der Waals surface area contributed by atoms with E-state index in [0.29, 0.717) is 6.54 Å². The Morgan fingerprint density at radius 2 is 1.65 bits per heavy atom. The van der Waals surface area contributed by atoms with Crippen molar-refractivity contribution >= 4 is 11.9 Å². The van der Waals surface area contributed by atoms with Gasteiger partial charge in [-0.3, -0.25) is 19.1 Å². The minimum absolute atomic E-state index is 0.0718. The molecule has 13 heteroatoms. The monoisotopic (exact) mass is 521 g/mol. The van der Waals surface area contributed by atoms with E-state index in [1.165, 1.54) is 5.56 Å². The highest BCUT2D eigenvalue weighted by atomic mass is 19.4. The van der Waals surface area contributed by atoms with Crippen LogP contribution in [-0.4, -0.2) is 64.6 Å². The lowest BCUT2D eigenvalue weighted by Gasteiger charge is -2.27. The number of hydrogen-bond acceptors (Lipinski definition) is 7. The summed E-state index contributed by atoms with van der Waals surface area (Å²) in [4.78, 5) is 34.8. The van der Waals surface area contributed by atoms with E-state index >= 15 is 0 Å². The molecule has 4 N–H and O–H groups in total. The lowest BCUT2D eigenvalue weighted by molar-refractivity contribution is -0.192. The van der Waals surface area contributed by atoms with E-state index in [1.807, 2.05) is 12.1 Å². The van der Waals surface area contributed by atoms with Gasteiger partial charge in [0.25, 0.3) is 0 Å². The van der Waals surface area contributed by atoms with Crippen molar-refractivity contribution in [2.75, 3.05) is 26.2 Å². The van der Waals surface area contributed by atoms with E-state index in [1.54, 1.807) is 0 Å². The van der Waals surface area contributed by atoms with Crippen molar-refractivity contribution in [3.63, 3.8) is 0 Å². The predicted molar refractivity (Wildman–Crippen MR) is 126 cm³/mol. The third kappa shape index (κ3) is 8.88. The summed E-state index contributed by atoms with van der Waals surface area (Å²) in [6, 6.07) is 16.7. The smallest absolute Gasteiger partial charge is 0.475 e. The molecule has 4 rings (SSSR count). The van der Waals surface area contributed by atoms with Gasteiger partial charge in [-0.25, -0.2) is 4.79 Å². The summed E-state index contributed by atoms with van der Waals surface area (Å²) in [7, 11) is 0. The topological polar surface area (TPSA) is 141 Å². The van der Waals surface area contributed by atoms with Crippen molar-refractivity contribution in [1.82, 2.24) is 25.8 Å². The van der Waals surface area contributed by atoms with Crippen LogP contribution in [0.1, 0.15) is 16.8 Å². The third-order valence-electron chi connectivity index (χ3n) is 5.42. The molecule has 1 amide bonds. The van der Waals surface area contributed by atoms with Gasteiger partial charge in [0.15, 0.2) is 5.69 Å². The molecule has 1 fully saturated rings. The lowest BCUT2D eigenvalue weighted by Crippen LogP contribution is -2.42. The largest absolute Gasteiger partial charge is 0.490 e. The fourth-order valence-corrected chi connectivity index (χ4v) is 3.59. The summed E-state index contributed by atoms with van der Waals surface area (Å²) >= 11 is 0. The van der Waals surface area contributed by atoms with Gasteiger partial charge in [-0.2, -0.15) is 18.3 Å². The molecule has 2 aromatic carbocycles. The fraction of sp³-hybridized carbons (Fsp3) is 0.333. The maximum atomic E-state index is 12.1. The van der Waals surface area contributed by atoms with Crippen molar-refractivity contribution in [1.29, 1.82) is 0 Å². The SMILES string of the molecule is O=C(Cc1no[nH]c1=O)NCc1cccc(-c2cccc(CN3CCNCC3)c2)c1.O=C(O)C(F)(F)F. The van der Waals surface area contributed by atoms with Gasteiger partial charge in [0.05, 0.1) is 6.42 Å². The van der Waals surface area contributed by atoms with E-state index in [-0.39, 0.29) is 18.0 Å². The highest BCUT2D eigenvalue weighted by Gasteiger charge is 2.38. The first kappa shape index (κ1) is 27.6. The Bertz CT molecular complexity index is 1250. The van der Waals surface area contributed by atoms with Gasteiger partial charge >= 0.3 is 17.7 Å². The minimum atomic E-state index is -5.08. The normalized spacial score (nSPS) is 13.9. The molecule has 1 aromatic heterocycles. The molecule has 0 saturated carbocycles. The number of halogens is 3. The van der Waals surface area contributed by atoms with Crippen LogP contribution in [0.15, 0.2) is 58.0 Å². The first-order valence-corrected chi connectivity index (χ1v) is 11.3. The Kier molecular flexibility index (Phi) is 9.57. The van der Waals surface area contributed by atoms with Crippen LogP contribution < -0.4 is 16.2 Å². The van der Waals surface area contributed by atoms with Gasteiger partial charge < -0.3 is 15.7 Å². The molecule has 0 radical (unpaired) electrons. The number of carbonyl (C=O) groups is 2. The number of hydrogen-bond donors (Lipinski definition) is 4. The summed E-state index contributed by atoms with van der Waals surface area (Å²) in [6.45, 7) is 5.55. The predicted octanol–water partition coefficient (Wildman–Crippen LogP) is 1.93. The number of aliphatic carboxylic acids is 1. The summed E-state index contributed by atoms with van der Waals surface area (Å²) in [5, 5.41) is 18.9. The first-order valence-electron chi connectivity index (χ1n) is 11.3. The number of carbonyl (C=O) groups excluding carboxylic acids is 1. The van der Waals surface area contributed by atoms with Crippen molar-refractivity contribution < 1.29 is 32.5 Å². The van der Waals surface area contributed by atoms with E-state index in [4.69, 9.17) is 9.90 Å². The number of nitrogens with zero attached hydrogens (tertiary/aromatic N) is 2. The molecule has 0 spiro atoms. The molecule has 0 unspecified atom stereocenters. The van der Waals surface area contributed by atoms with Crippen LogP contribution in [0.5, 0.6) is 0 Å². The number of H-pyrrole nitrogens is 1. The number of nitrogens with one attached hydrogen (secondary N) is 3. The van der Waals surface area contributed by atoms with Crippen LogP contribution in [0.3, 0.4) is 0 Å². The number of amides is 1. The molecule has 2 heterocycles. The molecule has 10 nitrogen and oxygen atoms in total. The van der Waals surface area contributed by atoms with Gasteiger partial charge in [-0.05, 0) is 34.4 Å². The number of benzene rings is 2. The Balaban J connectivity index is 0.000000479. The molecule has 0 atom stereocenters. The lowest BCUT2D eigenvalue weighted by atomic mass is 10.0. The minimum Gasteiger partial charge on any atom is -0.475 e. The van der Waals surface area contributed by atoms with E-state index < -0.39 is 17.7 Å². The van der Waals surface area contributed by atoms with Gasteiger partial charge in [-0.15, -0.1) is 0 Å². The number of carboxylic acids is 1. The quantitative estimate of drug-likeness (QED) is 0.370. The molecule has 0 aliphatic carbocycles. The highest BCUT2D eigenvalue weighted by Crippen LogP contribution is 2.22. The van der Waals surface area contributed by atoms with Crippen LogP contribution in [-0.2, 0) is 29.1 Å². The van der Waals surface area contributed by atoms with E-state index in [2.05, 4.69) is 66.9 Å². The third-order valence-corrected chi connectivity index (χ3v) is 5.42. The standard InChI is InChI=1S/C22H25N5O3.C2HF3O2/c28-21(13-20-22(29)26-30-25-20)24-14-16-3-1-5-18(11-16)19-6-2-4-17(12-19)15-27-9-7-23-8-10-27;3-2(4,5)1(6)7/h1-6,11-12,23H,7-10,13-15H2,(H,24,28)(H,26,29);(H,6,7). The molecular weight excluding hydrogens is 495 g/mol. The van der Waals surface area contributed by atoms with E-state index in [0.717, 1.165) is 49.4 Å². The van der Waals surface area contributed by atoms with Gasteiger partial charge in [0.2, 0.25) is 5.91 Å². The van der Waals surface area contributed by atoms with Gasteiger partial charge in [0, 0.05) is 39.3 Å². The Morgan fingerprint density at radius 3 is 2.22 bits per heavy atom. The van der Waals surface area contributed by atoms with Crippen molar-refractivity contribution in [2.24, 2.45) is 0 Å². The molecular formula is C24H26F3N5O5. The highest BCUT2D eigenvalue weighted by molar-refractivity contribution is 5.78. The zero-order valence-electron chi connectivity index (χ0n) is 19.7. The van der Waals surface area contributed by atoms with Crippen LogP contribution in [0.4, 0.5) is 13.2 Å². The molecule has 1 aliphatic rings. The van der Waals surface area contributed by atoms with Crippen molar-refractivity contribution in [2.45, 2.75) is 25.7 Å². The number of carboxylic acid groups (broad SMARTS) is 1. The fourth-order valence-electron chi connectivity index (χ4n) is 3.59. The molecule has 1 saturated heterocycles. The molecule has 198 valence electrons. The Labute approximate surface area is 209 Å². The number of rotatable bonds is 7. The van der Waals surface area contributed by atoms with E-state index in [9.17, 15) is 22.8 Å². The van der Waals surface area contributed by atoms with Crippen molar-refractivity contribution in [3.05, 3.63) is 75.7 Å². The average Bonchev–Trinajstić information content (AvgIpc) is 3.27. The van der Waals surface area contributed by atoms with Gasteiger partial charge in [-0.1, -0.05) is 41.6 Å². The summed E-state index contributed by atoms with van der Waals surface area (Å²) in [6.07, 6.45) is -5.19. The molecule has 0 bridgehead atoms. The number of piperazine rings is 1. The van der Waals surface area contributed by atoms with Crippen LogP contribution >= 0.6 is 0 Å². The number of alkyl halides is 3. The first-order chi connectivity index (χ1) is 17.6. The summed E-state index contributed by atoms with van der Waals surface area (Å²) in [5.41, 5.74) is 4.14. The number of aromatic amines is 1. The second-order valence-corrected chi connectivity index (χ2v) is 8.24. The van der Waals surface area contributed by atoms with Crippen LogP contribution in [0.25, 0.3) is 11.1 Å². The maximum Gasteiger partial charge on any atom is 0.490 e. The van der Waals surface area contributed by atoms with Gasteiger partial charge in [0.1, 0.15) is 0 Å². The average molecular weight is 521 g/mol. The number of aromatic nitrogens is 2. The maximum absolute atomic E-state index is 12.1. The van der Waals surface area contributed by atoms with Crippen molar-refractivity contribution in [3.8, 4) is 11.1 Å².